The van der Waals surface area contributed by atoms with E-state index in [0.29, 0.717) is 5.89 Å². The molecule has 0 unspecified atom stereocenters. The largest absolute Gasteiger partial charge is 0.436 e. The fourth-order valence-electron chi connectivity index (χ4n) is 8.79. The fourth-order valence-corrected chi connectivity index (χ4v) is 8.79. The summed E-state index contributed by atoms with van der Waals surface area (Å²) in [5.74, 6) is 0.610. The molecular weight excluding hydrogens is 731 g/mol. The van der Waals surface area contributed by atoms with Crippen molar-refractivity contribution in [2.24, 2.45) is 0 Å². The summed E-state index contributed by atoms with van der Waals surface area (Å²) in [7, 11) is 0. The minimum atomic E-state index is 0.610. The Morgan fingerprint density at radius 3 is 1.63 bits per heavy atom. The van der Waals surface area contributed by atoms with Gasteiger partial charge >= 0.3 is 0 Å². The van der Waals surface area contributed by atoms with Gasteiger partial charge in [0.25, 0.3) is 0 Å². The van der Waals surface area contributed by atoms with Crippen molar-refractivity contribution in [1.29, 1.82) is 0 Å². The van der Waals surface area contributed by atoms with E-state index in [9.17, 15) is 0 Å². The van der Waals surface area contributed by atoms with Gasteiger partial charge in [0.15, 0.2) is 5.58 Å². The number of fused-ring (bicyclic) bond motifs is 8. The highest BCUT2D eigenvalue weighted by atomic mass is 16.3. The summed E-state index contributed by atoms with van der Waals surface area (Å²) in [5.41, 5.74) is 10.2. The molecule has 0 fully saturated rings. The number of rotatable bonds is 6. The molecule has 4 heteroatoms. The number of benzene rings is 10. The minimum Gasteiger partial charge on any atom is -0.436 e. The van der Waals surface area contributed by atoms with Crippen molar-refractivity contribution in [1.82, 2.24) is 9.97 Å². The standard InChI is InChI=1S/C56H35N3O/c1-2-9-45-35-57-54(34-39(45)8-1)44-22-29-51-42(32-44)15-16-43-33-48(27-30-52(43)51)59(47-25-19-38(20-26-47)56-58-53-11-5-6-12-55(53)60-56)46-23-17-36(18-24-46)40-21-28-50-41(31-40)14-13-37-7-3-4-10-49(37)50/h1-35H. The first kappa shape index (κ1) is 34.0. The van der Waals surface area contributed by atoms with E-state index in [2.05, 4.69) is 187 Å². The van der Waals surface area contributed by atoms with Crippen LogP contribution in [0.15, 0.2) is 217 Å². The lowest BCUT2D eigenvalue weighted by molar-refractivity contribution is 0.620. The average molecular weight is 766 g/mol. The van der Waals surface area contributed by atoms with Crippen molar-refractivity contribution < 1.29 is 4.42 Å². The lowest BCUT2D eigenvalue weighted by Gasteiger charge is -2.26. The second-order valence-electron chi connectivity index (χ2n) is 15.5. The second-order valence-corrected chi connectivity index (χ2v) is 15.5. The molecular formula is C56H35N3O. The van der Waals surface area contributed by atoms with Crippen LogP contribution in [-0.2, 0) is 0 Å². The van der Waals surface area contributed by atoms with Crippen LogP contribution in [0.3, 0.4) is 0 Å². The number of aromatic nitrogens is 2. The maximum atomic E-state index is 6.13. The van der Waals surface area contributed by atoms with Crippen molar-refractivity contribution in [3.8, 4) is 33.8 Å². The lowest BCUT2D eigenvalue weighted by Crippen LogP contribution is -2.09. The molecule has 0 aliphatic carbocycles. The molecule has 12 aromatic rings. The van der Waals surface area contributed by atoms with Crippen LogP contribution in [0.5, 0.6) is 0 Å². The molecule has 0 aliphatic rings. The van der Waals surface area contributed by atoms with Crippen LogP contribution in [0.1, 0.15) is 0 Å². The van der Waals surface area contributed by atoms with E-state index in [0.717, 1.165) is 50.4 Å². The zero-order chi connectivity index (χ0) is 39.6. The van der Waals surface area contributed by atoms with Crippen molar-refractivity contribution in [2.45, 2.75) is 0 Å². The Kier molecular flexibility index (Phi) is 7.82. The predicted octanol–water partition coefficient (Wildman–Crippen LogP) is 15.5. The first-order valence-corrected chi connectivity index (χ1v) is 20.3. The summed E-state index contributed by atoms with van der Waals surface area (Å²) in [6.45, 7) is 0. The Bertz CT molecular complexity index is 3570. The van der Waals surface area contributed by atoms with Gasteiger partial charge in [-0.15, -0.1) is 0 Å². The van der Waals surface area contributed by atoms with Crippen LogP contribution in [0.2, 0.25) is 0 Å². The van der Waals surface area contributed by atoms with Gasteiger partial charge in [0.05, 0.1) is 5.69 Å². The normalized spacial score (nSPS) is 11.7. The molecule has 0 amide bonds. The van der Waals surface area contributed by atoms with E-state index >= 15 is 0 Å². The molecule has 0 saturated heterocycles. The van der Waals surface area contributed by atoms with Gasteiger partial charge in [-0.2, -0.15) is 0 Å². The summed E-state index contributed by atoms with van der Waals surface area (Å²) in [6, 6.07) is 73.6. The number of hydrogen-bond donors (Lipinski definition) is 0. The molecule has 2 aromatic heterocycles. The lowest BCUT2D eigenvalue weighted by atomic mass is 9.97. The molecule has 60 heavy (non-hydrogen) atoms. The minimum absolute atomic E-state index is 0.610. The Hall–Kier alpha value is -8.08. The van der Waals surface area contributed by atoms with E-state index < -0.39 is 0 Å². The van der Waals surface area contributed by atoms with Crippen LogP contribution < -0.4 is 4.90 Å². The second kappa shape index (κ2) is 13.8. The van der Waals surface area contributed by atoms with Crippen LogP contribution in [0.4, 0.5) is 17.1 Å². The summed E-state index contributed by atoms with van der Waals surface area (Å²) in [6.07, 6.45) is 1.96. The maximum absolute atomic E-state index is 6.13. The summed E-state index contributed by atoms with van der Waals surface area (Å²) >= 11 is 0. The zero-order valence-corrected chi connectivity index (χ0v) is 32.5. The first-order valence-electron chi connectivity index (χ1n) is 20.3. The van der Waals surface area contributed by atoms with E-state index in [4.69, 9.17) is 14.4 Å². The third kappa shape index (κ3) is 5.85. The molecule has 280 valence electrons. The Labute approximate surface area is 346 Å². The molecule has 2 heterocycles. The smallest absolute Gasteiger partial charge is 0.227 e. The number of hydrogen-bond acceptors (Lipinski definition) is 4. The summed E-state index contributed by atoms with van der Waals surface area (Å²) < 4.78 is 6.13. The number of oxazole rings is 1. The average Bonchev–Trinajstić information content (AvgIpc) is 3.76. The number of anilines is 3. The number of para-hydroxylation sites is 2. The topological polar surface area (TPSA) is 42.2 Å². The predicted molar refractivity (Wildman–Crippen MR) is 250 cm³/mol. The third-order valence-corrected chi connectivity index (χ3v) is 11.9. The van der Waals surface area contributed by atoms with Crippen molar-refractivity contribution in [3.63, 3.8) is 0 Å². The first-order chi connectivity index (χ1) is 29.7. The molecule has 0 atom stereocenters. The highest BCUT2D eigenvalue weighted by Gasteiger charge is 2.16. The molecule has 12 rings (SSSR count). The van der Waals surface area contributed by atoms with E-state index in [1.807, 2.05) is 30.5 Å². The number of nitrogens with zero attached hydrogens (tertiary/aromatic N) is 3. The third-order valence-electron chi connectivity index (χ3n) is 11.9. The Morgan fingerprint density at radius 1 is 0.350 bits per heavy atom. The molecule has 0 spiro atoms. The summed E-state index contributed by atoms with van der Waals surface area (Å²) in [4.78, 5) is 11.9. The zero-order valence-electron chi connectivity index (χ0n) is 32.5. The quantitative estimate of drug-likeness (QED) is 0.158. The molecule has 0 radical (unpaired) electrons. The van der Waals surface area contributed by atoms with Gasteiger partial charge in [0.2, 0.25) is 5.89 Å². The van der Waals surface area contributed by atoms with Gasteiger partial charge in [-0.1, -0.05) is 127 Å². The van der Waals surface area contributed by atoms with Gasteiger partial charge in [-0.05, 0) is 138 Å². The monoisotopic (exact) mass is 765 g/mol. The Morgan fingerprint density at radius 2 is 0.883 bits per heavy atom. The highest BCUT2D eigenvalue weighted by molar-refractivity contribution is 6.10. The maximum Gasteiger partial charge on any atom is 0.227 e. The summed E-state index contributed by atoms with van der Waals surface area (Å²) in [5, 5.41) is 12.2. The molecule has 4 nitrogen and oxygen atoms in total. The van der Waals surface area contributed by atoms with Crippen LogP contribution >= 0.6 is 0 Å². The van der Waals surface area contributed by atoms with E-state index in [1.54, 1.807) is 0 Å². The van der Waals surface area contributed by atoms with E-state index in [1.165, 1.54) is 59.6 Å². The van der Waals surface area contributed by atoms with Gasteiger partial charge in [0.1, 0.15) is 5.52 Å². The SMILES string of the molecule is c1ccc2cc(-c3ccc4c(ccc5cc(N(c6ccc(-c7ccc8c(ccc9ccccc98)c7)cc6)c6ccc(-c7nc8ccccc8o7)cc6)ccc54)c3)ncc2c1. The molecule has 0 saturated carbocycles. The number of pyridine rings is 1. The van der Waals surface area contributed by atoms with Crippen molar-refractivity contribution in [3.05, 3.63) is 212 Å². The highest BCUT2D eigenvalue weighted by Crippen LogP contribution is 2.40. The fraction of sp³-hybridized carbons (Fsp3) is 0. The molecule has 0 bridgehead atoms. The van der Waals surface area contributed by atoms with Crippen LogP contribution in [-0.4, -0.2) is 9.97 Å². The van der Waals surface area contributed by atoms with Gasteiger partial charge in [-0.3, -0.25) is 4.98 Å². The van der Waals surface area contributed by atoms with Gasteiger partial charge < -0.3 is 9.32 Å². The van der Waals surface area contributed by atoms with Gasteiger partial charge in [0, 0.05) is 39.8 Å². The van der Waals surface area contributed by atoms with Gasteiger partial charge in [-0.25, -0.2) is 4.98 Å². The van der Waals surface area contributed by atoms with Crippen molar-refractivity contribution in [2.75, 3.05) is 4.90 Å². The van der Waals surface area contributed by atoms with E-state index in [-0.39, 0.29) is 0 Å². The van der Waals surface area contributed by atoms with Crippen LogP contribution in [0, 0.1) is 0 Å². The Balaban J connectivity index is 0.928. The molecule has 0 N–H and O–H groups in total. The molecule has 0 aliphatic heterocycles. The molecule has 10 aromatic carbocycles. The van der Waals surface area contributed by atoms with Crippen molar-refractivity contribution >= 4 is 82.0 Å². The van der Waals surface area contributed by atoms with Crippen LogP contribution in [0.25, 0.3) is 98.8 Å².